The Bertz CT molecular complexity index is 641. The molecular formula is C25H38N3+. The van der Waals surface area contributed by atoms with E-state index in [9.17, 15) is 0 Å². The van der Waals surface area contributed by atoms with E-state index in [1.54, 1.807) is 0 Å². The molecule has 0 bridgehead atoms. The average Bonchev–Trinajstić information content (AvgIpc) is 2.73. The van der Waals surface area contributed by atoms with Crippen LogP contribution in [0.2, 0.25) is 0 Å². The molecule has 0 unspecified atom stereocenters. The second kappa shape index (κ2) is 12.2. The van der Waals surface area contributed by atoms with Crippen LogP contribution in [0.5, 0.6) is 0 Å². The van der Waals surface area contributed by atoms with Crippen LogP contribution < -0.4 is 4.90 Å². The van der Waals surface area contributed by atoms with E-state index >= 15 is 0 Å². The molecule has 0 amide bonds. The first-order chi connectivity index (χ1) is 13.8. The quantitative estimate of drug-likeness (QED) is 0.278. The molecule has 3 nitrogen and oxygen atoms in total. The van der Waals surface area contributed by atoms with Gasteiger partial charge in [-0.1, -0.05) is 64.1 Å². The fourth-order valence-electron chi connectivity index (χ4n) is 3.72. The van der Waals surface area contributed by atoms with Gasteiger partial charge in [0.1, 0.15) is 11.4 Å². The second-order valence-corrected chi connectivity index (χ2v) is 7.28. The van der Waals surface area contributed by atoms with Crippen molar-refractivity contribution in [1.29, 1.82) is 0 Å². The van der Waals surface area contributed by atoms with Crippen molar-refractivity contribution in [2.24, 2.45) is 0 Å². The lowest BCUT2D eigenvalue weighted by Crippen LogP contribution is -2.49. The molecular weight excluding hydrogens is 342 g/mol. The van der Waals surface area contributed by atoms with Crippen molar-refractivity contribution in [3.8, 4) is 0 Å². The van der Waals surface area contributed by atoms with Crippen LogP contribution >= 0.6 is 0 Å². The standard InChI is InChI=1S/C25H38N3/c1-5-19-26(20-6-2)25(27(21-7-3)22-8-4)28(23-15-11-9-12-16-23)24-17-13-10-14-18-24/h9-18H,5-8,19-22H2,1-4H3/q+1. The second-order valence-electron chi connectivity index (χ2n) is 7.28. The van der Waals surface area contributed by atoms with Crippen LogP contribution in [0.25, 0.3) is 0 Å². The Morgan fingerprint density at radius 1 is 0.643 bits per heavy atom. The Hall–Kier alpha value is -2.29. The van der Waals surface area contributed by atoms with Crippen molar-refractivity contribution in [2.45, 2.75) is 53.4 Å². The van der Waals surface area contributed by atoms with Gasteiger partial charge in [0, 0.05) is 0 Å². The van der Waals surface area contributed by atoms with Crippen LogP contribution in [0.1, 0.15) is 53.4 Å². The summed E-state index contributed by atoms with van der Waals surface area (Å²) in [6, 6.07) is 21.6. The Balaban J connectivity index is 2.71. The van der Waals surface area contributed by atoms with E-state index in [-0.39, 0.29) is 0 Å². The number of para-hydroxylation sites is 2. The van der Waals surface area contributed by atoms with Gasteiger partial charge in [-0.2, -0.15) is 4.90 Å². The minimum atomic E-state index is 1.07. The maximum atomic E-state index is 2.59. The number of hydrogen-bond acceptors (Lipinski definition) is 0. The first kappa shape index (κ1) is 22.0. The summed E-state index contributed by atoms with van der Waals surface area (Å²) in [7, 11) is 0. The summed E-state index contributed by atoms with van der Waals surface area (Å²) in [4.78, 5) is 5.04. The molecule has 0 radical (unpaired) electrons. The normalized spacial score (nSPS) is 10.6. The van der Waals surface area contributed by atoms with E-state index in [1.807, 2.05) is 0 Å². The topological polar surface area (TPSA) is 9.49 Å². The van der Waals surface area contributed by atoms with E-state index in [4.69, 9.17) is 0 Å². The number of hydrogen-bond donors (Lipinski definition) is 0. The minimum absolute atomic E-state index is 1.07. The molecule has 152 valence electrons. The first-order valence-electron chi connectivity index (χ1n) is 11.0. The summed E-state index contributed by atoms with van der Waals surface area (Å²) in [6.07, 6.45) is 4.58. The number of guanidine groups is 1. The monoisotopic (exact) mass is 380 g/mol. The lowest BCUT2D eigenvalue weighted by atomic mass is 10.2. The molecule has 2 rings (SSSR count). The third-order valence-electron chi connectivity index (χ3n) is 4.77. The van der Waals surface area contributed by atoms with Crippen molar-refractivity contribution in [2.75, 3.05) is 31.1 Å². The van der Waals surface area contributed by atoms with Crippen molar-refractivity contribution in [3.63, 3.8) is 0 Å². The highest BCUT2D eigenvalue weighted by molar-refractivity contribution is 5.99. The van der Waals surface area contributed by atoms with E-state index < -0.39 is 0 Å². The van der Waals surface area contributed by atoms with Crippen LogP contribution in [0.4, 0.5) is 11.4 Å². The predicted octanol–water partition coefficient (Wildman–Crippen LogP) is 6.14. The van der Waals surface area contributed by atoms with Gasteiger partial charge < -0.3 is 0 Å². The van der Waals surface area contributed by atoms with Gasteiger partial charge in [-0.25, -0.2) is 0 Å². The van der Waals surface area contributed by atoms with E-state index in [2.05, 4.69) is 103 Å². The van der Waals surface area contributed by atoms with E-state index in [1.165, 1.54) is 17.3 Å². The summed E-state index contributed by atoms with van der Waals surface area (Å²) >= 11 is 0. The number of benzene rings is 2. The molecule has 0 atom stereocenters. The van der Waals surface area contributed by atoms with Crippen molar-refractivity contribution in [3.05, 3.63) is 60.7 Å². The maximum Gasteiger partial charge on any atom is 0.360 e. The number of nitrogens with zero attached hydrogens (tertiary/aromatic N) is 3. The summed E-state index contributed by atoms with van der Waals surface area (Å²) in [5, 5.41) is 0. The smallest absolute Gasteiger partial charge is 0.264 e. The first-order valence-corrected chi connectivity index (χ1v) is 11.0. The molecule has 0 saturated heterocycles. The Morgan fingerprint density at radius 3 is 1.43 bits per heavy atom. The van der Waals surface area contributed by atoms with Crippen LogP contribution in [0.3, 0.4) is 0 Å². The molecule has 0 N–H and O–H groups in total. The van der Waals surface area contributed by atoms with Gasteiger partial charge in [0.25, 0.3) is 0 Å². The number of rotatable bonds is 10. The Labute approximate surface area is 172 Å². The van der Waals surface area contributed by atoms with Gasteiger partial charge in [0.2, 0.25) is 0 Å². The molecule has 0 aliphatic rings. The summed E-state index contributed by atoms with van der Waals surface area (Å²) in [5.74, 6) is 1.32. The minimum Gasteiger partial charge on any atom is -0.264 e. The van der Waals surface area contributed by atoms with Crippen LogP contribution in [0.15, 0.2) is 60.7 Å². The van der Waals surface area contributed by atoms with Gasteiger partial charge in [-0.15, -0.1) is 0 Å². The summed E-state index contributed by atoms with van der Waals surface area (Å²) in [6.45, 7) is 13.4. The van der Waals surface area contributed by atoms with Gasteiger partial charge in [-0.05, 0) is 49.9 Å². The zero-order valence-electron chi connectivity index (χ0n) is 18.3. The summed E-state index contributed by atoms with van der Waals surface area (Å²) < 4.78 is 2.59. The fourth-order valence-corrected chi connectivity index (χ4v) is 3.72. The third-order valence-corrected chi connectivity index (χ3v) is 4.77. The molecule has 28 heavy (non-hydrogen) atoms. The van der Waals surface area contributed by atoms with Crippen molar-refractivity contribution in [1.82, 2.24) is 4.90 Å². The van der Waals surface area contributed by atoms with E-state index in [0.29, 0.717) is 0 Å². The molecule has 2 aromatic carbocycles. The molecule has 3 heteroatoms. The molecule has 0 saturated carbocycles. The van der Waals surface area contributed by atoms with Crippen molar-refractivity contribution >= 4 is 17.3 Å². The highest BCUT2D eigenvalue weighted by Crippen LogP contribution is 2.27. The molecule has 0 heterocycles. The molecule has 0 spiro atoms. The third kappa shape index (κ3) is 5.85. The predicted molar refractivity (Wildman–Crippen MR) is 123 cm³/mol. The maximum absolute atomic E-state index is 2.59. The summed E-state index contributed by atoms with van der Waals surface area (Å²) in [5.41, 5.74) is 2.44. The zero-order chi connectivity index (χ0) is 20.2. The lowest BCUT2D eigenvalue weighted by Gasteiger charge is -2.30. The largest absolute Gasteiger partial charge is 0.360 e. The fraction of sp³-hybridized carbons (Fsp3) is 0.480. The van der Waals surface area contributed by atoms with E-state index in [0.717, 1.165) is 51.9 Å². The van der Waals surface area contributed by atoms with Crippen molar-refractivity contribution < 1.29 is 4.58 Å². The van der Waals surface area contributed by atoms with Crippen LogP contribution in [-0.4, -0.2) is 41.6 Å². The molecule has 0 aliphatic heterocycles. The van der Waals surface area contributed by atoms with Crippen LogP contribution in [0, 0.1) is 0 Å². The molecule has 0 fully saturated rings. The van der Waals surface area contributed by atoms with Crippen LogP contribution in [-0.2, 0) is 0 Å². The molecule has 0 aliphatic carbocycles. The van der Waals surface area contributed by atoms with Gasteiger partial charge in [-0.3, -0.25) is 9.48 Å². The average molecular weight is 381 g/mol. The SMILES string of the molecule is CCCN(CCC)C(N(c1ccccc1)c1ccccc1)=[N+](CCC)CCC. The molecule has 2 aromatic rings. The molecule has 0 aromatic heterocycles. The van der Waals surface area contributed by atoms with Gasteiger partial charge in [0.15, 0.2) is 0 Å². The number of anilines is 2. The Kier molecular flexibility index (Phi) is 9.61. The lowest BCUT2D eigenvalue weighted by molar-refractivity contribution is -0.533. The van der Waals surface area contributed by atoms with Gasteiger partial charge >= 0.3 is 5.96 Å². The van der Waals surface area contributed by atoms with Gasteiger partial charge in [0.05, 0.1) is 26.2 Å². The Morgan fingerprint density at radius 2 is 1.07 bits per heavy atom. The zero-order valence-corrected chi connectivity index (χ0v) is 18.3. The highest BCUT2D eigenvalue weighted by atomic mass is 15.4. The highest BCUT2D eigenvalue weighted by Gasteiger charge is 2.31.